The van der Waals surface area contributed by atoms with Crippen molar-refractivity contribution in [2.75, 3.05) is 19.8 Å². The van der Waals surface area contributed by atoms with Crippen LogP contribution in [0.25, 0.3) is 11.1 Å². The predicted octanol–water partition coefficient (Wildman–Crippen LogP) is 4.24. The van der Waals surface area contributed by atoms with Crippen molar-refractivity contribution in [3.8, 4) is 11.1 Å². The van der Waals surface area contributed by atoms with Crippen molar-refractivity contribution >= 4 is 6.09 Å². The van der Waals surface area contributed by atoms with Gasteiger partial charge in [-0.3, -0.25) is 0 Å². The maximum Gasteiger partial charge on any atom is 0.407 e. The van der Waals surface area contributed by atoms with Gasteiger partial charge < -0.3 is 15.2 Å². The van der Waals surface area contributed by atoms with Gasteiger partial charge >= 0.3 is 6.09 Å². The van der Waals surface area contributed by atoms with Crippen molar-refractivity contribution in [1.29, 1.82) is 0 Å². The van der Waals surface area contributed by atoms with Crippen LogP contribution in [0.1, 0.15) is 36.3 Å². The molecule has 0 aromatic heterocycles. The number of hydrogen-bond donors (Lipinski definition) is 2. The quantitative estimate of drug-likeness (QED) is 0.552. The molecule has 0 radical (unpaired) electrons. The SMILES string of the molecule is O=C(NCCC=CCCCO)OCC1c2ccccc2-c2ccccc21. The van der Waals surface area contributed by atoms with Gasteiger partial charge in [0.15, 0.2) is 0 Å². The summed E-state index contributed by atoms with van der Waals surface area (Å²) in [4.78, 5) is 12.0. The summed E-state index contributed by atoms with van der Waals surface area (Å²) in [5.41, 5.74) is 4.89. The second-order valence-corrected chi connectivity index (χ2v) is 6.38. The van der Waals surface area contributed by atoms with Crippen LogP contribution in [0.3, 0.4) is 0 Å². The number of hydrogen-bond acceptors (Lipinski definition) is 3. The number of rotatable bonds is 8. The number of amides is 1. The van der Waals surface area contributed by atoms with Gasteiger partial charge in [-0.1, -0.05) is 60.7 Å². The Kier molecular flexibility index (Phi) is 6.45. The third kappa shape index (κ3) is 4.33. The van der Waals surface area contributed by atoms with Crippen LogP contribution in [0.15, 0.2) is 60.7 Å². The van der Waals surface area contributed by atoms with Gasteiger partial charge in [0.2, 0.25) is 0 Å². The molecule has 3 rings (SSSR count). The Morgan fingerprint density at radius 1 is 1.00 bits per heavy atom. The number of benzene rings is 2. The Bertz CT molecular complexity index is 724. The molecule has 0 saturated carbocycles. The largest absolute Gasteiger partial charge is 0.449 e. The normalized spacial score (nSPS) is 12.8. The number of allylic oxidation sites excluding steroid dienone is 1. The van der Waals surface area contributed by atoms with Crippen molar-refractivity contribution < 1.29 is 14.6 Å². The van der Waals surface area contributed by atoms with E-state index in [0.717, 1.165) is 19.3 Å². The molecule has 0 aliphatic heterocycles. The van der Waals surface area contributed by atoms with E-state index in [0.29, 0.717) is 13.2 Å². The summed E-state index contributed by atoms with van der Waals surface area (Å²) in [6, 6.07) is 16.6. The fraction of sp³-hybridized carbons (Fsp3) is 0.318. The topological polar surface area (TPSA) is 58.6 Å². The zero-order chi connectivity index (χ0) is 18.2. The lowest BCUT2D eigenvalue weighted by Gasteiger charge is -2.14. The first-order chi connectivity index (χ1) is 12.8. The van der Waals surface area contributed by atoms with Gasteiger partial charge in [0.25, 0.3) is 0 Å². The van der Waals surface area contributed by atoms with Crippen molar-refractivity contribution in [3.05, 3.63) is 71.8 Å². The monoisotopic (exact) mass is 351 g/mol. The lowest BCUT2D eigenvalue weighted by Crippen LogP contribution is -2.26. The number of ether oxygens (including phenoxy) is 1. The van der Waals surface area contributed by atoms with Gasteiger partial charge in [0.05, 0.1) is 0 Å². The van der Waals surface area contributed by atoms with Crippen LogP contribution in [0.4, 0.5) is 4.79 Å². The molecule has 1 aliphatic carbocycles. The van der Waals surface area contributed by atoms with Crippen LogP contribution in [0, 0.1) is 0 Å². The standard InChI is InChI=1S/C22H25NO3/c24-15-9-3-1-2-8-14-23-22(25)26-16-21-19-12-6-4-10-17(19)18-11-5-7-13-20(18)21/h1-2,4-7,10-13,21,24H,3,8-9,14-16H2,(H,23,25). The predicted molar refractivity (Wildman–Crippen MR) is 103 cm³/mol. The third-order valence-electron chi connectivity index (χ3n) is 4.62. The molecule has 0 atom stereocenters. The van der Waals surface area contributed by atoms with Crippen LogP contribution in [-0.4, -0.2) is 31.0 Å². The summed E-state index contributed by atoms with van der Waals surface area (Å²) >= 11 is 0. The first-order valence-electron chi connectivity index (χ1n) is 9.16. The highest BCUT2D eigenvalue weighted by atomic mass is 16.5. The van der Waals surface area contributed by atoms with E-state index in [1.807, 2.05) is 36.4 Å². The van der Waals surface area contributed by atoms with Gasteiger partial charge in [0, 0.05) is 19.1 Å². The molecule has 2 aromatic carbocycles. The van der Waals surface area contributed by atoms with E-state index in [-0.39, 0.29) is 18.6 Å². The minimum absolute atomic E-state index is 0.0894. The van der Waals surface area contributed by atoms with Gasteiger partial charge in [0.1, 0.15) is 6.61 Å². The van der Waals surface area contributed by atoms with E-state index in [2.05, 4.69) is 29.6 Å². The zero-order valence-corrected chi connectivity index (χ0v) is 14.9. The summed E-state index contributed by atoms with van der Waals surface area (Å²) in [7, 11) is 0. The molecule has 0 fully saturated rings. The zero-order valence-electron chi connectivity index (χ0n) is 14.9. The lowest BCUT2D eigenvalue weighted by molar-refractivity contribution is 0.143. The molecule has 26 heavy (non-hydrogen) atoms. The Balaban J connectivity index is 1.50. The van der Waals surface area contributed by atoms with Crippen LogP contribution in [0.5, 0.6) is 0 Å². The van der Waals surface area contributed by atoms with E-state index in [1.165, 1.54) is 22.3 Å². The molecular formula is C22H25NO3. The smallest absolute Gasteiger partial charge is 0.407 e. The van der Waals surface area contributed by atoms with E-state index < -0.39 is 0 Å². The third-order valence-corrected chi connectivity index (χ3v) is 4.62. The average molecular weight is 351 g/mol. The highest BCUT2D eigenvalue weighted by Crippen LogP contribution is 2.44. The highest BCUT2D eigenvalue weighted by molar-refractivity contribution is 5.79. The van der Waals surface area contributed by atoms with Gasteiger partial charge in [-0.2, -0.15) is 0 Å². The molecule has 0 spiro atoms. The summed E-state index contributed by atoms with van der Waals surface area (Å²) < 4.78 is 5.48. The van der Waals surface area contributed by atoms with E-state index in [4.69, 9.17) is 9.84 Å². The molecule has 136 valence electrons. The minimum Gasteiger partial charge on any atom is -0.449 e. The fourth-order valence-electron chi connectivity index (χ4n) is 3.35. The summed E-state index contributed by atoms with van der Waals surface area (Å²) in [5.74, 6) is 0.0894. The molecule has 1 aliphatic rings. The Labute approximate surface area is 154 Å². The number of aliphatic hydroxyl groups is 1. The number of aliphatic hydroxyl groups excluding tert-OH is 1. The Morgan fingerprint density at radius 3 is 2.27 bits per heavy atom. The van der Waals surface area contributed by atoms with Crippen molar-refractivity contribution in [2.24, 2.45) is 0 Å². The summed E-state index contributed by atoms with van der Waals surface area (Å²) in [6.07, 6.45) is 6.05. The molecular weight excluding hydrogens is 326 g/mol. The molecule has 2 N–H and O–H groups in total. The highest BCUT2D eigenvalue weighted by Gasteiger charge is 2.28. The Morgan fingerprint density at radius 2 is 1.62 bits per heavy atom. The molecule has 0 unspecified atom stereocenters. The van der Waals surface area contributed by atoms with Crippen molar-refractivity contribution in [2.45, 2.75) is 25.2 Å². The number of fused-ring (bicyclic) bond motifs is 3. The molecule has 0 saturated heterocycles. The number of unbranched alkanes of at least 4 members (excludes halogenated alkanes) is 1. The second kappa shape index (κ2) is 9.20. The van der Waals surface area contributed by atoms with Crippen LogP contribution >= 0.6 is 0 Å². The fourth-order valence-corrected chi connectivity index (χ4v) is 3.35. The van der Waals surface area contributed by atoms with Gasteiger partial charge in [-0.15, -0.1) is 0 Å². The van der Waals surface area contributed by atoms with Crippen LogP contribution in [-0.2, 0) is 4.74 Å². The molecule has 4 nitrogen and oxygen atoms in total. The van der Waals surface area contributed by atoms with Gasteiger partial charge in [-0.25, -0.2) is 4.79 Å². The number of carbonyl (C=O) groups excluding carboxylic acids is 1. The molecule has 2 aromatic rings. The van der Waals surface area contributed by atoms with Crippen molar-refractivity contribution in [1.82, 2.24) is 5.32 Å². The van der Waals surface area contributed by atoms with Crippen LogP contribution in [0.2, 0.25) is 0 Å². The minimum atomic E-state index is -0.379. The first-order valence-corrected chi connectivity index (χ1v) is 9.16. The second-order valence-electron chi connectivity index (χ2n) is 6.38. The van der Waals surface area contributed by atoms with Crippen molar-refractivity contribution in [3.63, 3.8) is 0 Å². The number of carbonyl (C=O) groups is 1. The summed E-state index contributed by atoms with van der Waals surface area (Å²) in [6.45, 7) is 1.10. The molecule has 1 amide bonds. The first kappa shape index (κ1) is 18.2. The number of alkyl carbamates (subject to hydrolysis) is 1. The average Bonchev–Trinajstić information content (AvgIpc) is 3.00. The summed E-state index contributed by atoms with van der Waals surface area (Å²) in [5, 5.41) is 11.5. The Hall–Kier alpha value is -2.59. The lowest BCUT2D eigenvalue weighted by atomic mass is 9.98. The van der Waals surface area contributed by atoms with E-state index >= 15 is 0 Å². The van der Waals surface area contributed by atoms with E-state index in [1.54, 1.807) is 0 Å². The van der Waals surface area contributed by atoms with Crippen LogP contribution < -0.4 is 5.32 Å². The molecule has 0 bridgehead atoms. The molecule has 0 heterocycles. The van der Waals surface area contributed by atoms with E-state index in [9.17, 15) is 4.79 Å². The number of nitrogens with one attached hydrogen (secondary N) is 1. The van der Waals surface area contributed by atoms with Gasteiger partial charge in [-0.05, 0) is 41.5 Å². The molecule has 4 heteroatoms. The maximum absolute atomic E-state index is 12.0. The maximum atomic E-state index is 12.0.